The Hall–Kier alpha value is -6.06. The van der Waals surface area contributed by atoms with Gasteiger partial charge in [0.1, 0.15) is 0 Å². The number of carbonyl (C=O) groups is 2. The fourth-order valence-electron chi connectivity index (χ4n) is 5.71. The third-order valence-electron chi connectivity index (χ3n) is 8.41. The Balaban J connectivity index is 0.000000196. The highest BCUT2D eigenvalue weighted by Gasteiger charge is 2.07. The molecule has 9 heteroatoms. The maximum Gasteiger partial charge on any atom is 0.307 e. The third kappa shape index (κ3) is 12.3. The number of benzene rings is 6. The van der Waals surface area contributed by atoms with Gasteiger partial charge in [-0.05, 0) is 87.5 Å². The normalized spacial score (nSPS) is 10.3. The molecule has 6 aromatic carbocycles. The minimum Gasteiger partial charge on any atom is -0.493 e. The highest BCUT2D eigenvalue weighted by atomic mass is 16.5. The van der Waals surface area contributed by atoms with Gasteiger partial charge >= 0.3 is 5.97 Å². The first-order valence-electron chi connectivity index (χ1n) is 17.3. The first kappa shape index (κ1) is 39.7. The van der Waals surface area contributed by atoms with Gasteiger partial charge in [-0.25, -0.2) is 0 Å². The van der Waals surface area contributed by atoms with Crippen molar-refractivity contribution in [3.05, 3.63) is 144 Å². The van der Waals surface area contributed by atoms with Crippen LogP contribution in [0.5, 0.6) is 23.0 Å². The molecule has 0 unspecified atom stereocenters. The van der Waals surface area contributed by atoms with Crippen LogP contribution in [0.15, 0.2) is 121 Å². The molecule has 1 amide bonds. The SMILES string of the molecule is COc1ccc(CCN)cc1OC.COc1ccc(CCNC(=O)Cc2ccc3ccccc3c2)cc1OC.O=C(O)Cc1ccc2ccccc2c1. The van der Waals surface area contributed by atoms with Gasteiger partial charge in [-0.3, -0.25) is 9.59 Å². The molecule has 0 aliphatic heterocycles. The van der Waals surface area contributed by atoms with Crippen molar-refractivity contribution in [2.24, 2.45) is 5.73 Å². The first-order valence-corrected chi connectivity index (χ1v) is 17.3. The van der Waals surface area contributed by atoms with Gasteiger partial charge < -0.3 is 35.1 Å². The molecule has 0 aliphatic carbocycles. The van der Waals surface area contributed by atoms with Crippen LogP contribution in [0.3, 0.4) is 0 Å². The Kier molecular flexibility index (Phi) is 15.5. The summed E-state index contributed by atoms with van der Waals surface area (Å²) in [5.41, 5.74) is 9.57. The second-order valence-corrected chi connectivity index (χ2v) is 12.1. The first-order chi connectivity index (χ1) is 25.8. The number of methoxy groups -OCH3 is 4. The van der Waals surface area contributed by atoms with Gasteiger partial charge in [0, 0.05) is 6.54 Å². The Labute approximate surface area is 311 Å². The molecule has 0 bridgehead atoms. The van der Waals surface area contributed by atoms with E-state index in [-0.39, 0.29) is 12.3 Å². The van der Waals surface area contributed by atoms with Gasteiger partial charge in [-0.2, -0.15) is 0 Å². The van der Waals surface area contributed by atoms with Crippen LogP contribution in [0.1, 0.15) is 22.3 Å². The fourth-order valence-corrected chi connectivity index (χ4v) is 5.71. The van der Waals surface area contributed by atoms with E-state index in [1.165, 1.54) is 10.9 Å². The lowest BCUT2D eigenvalue weighted by Crippen LogP contribution is -2.27. The zero-order valence-electron chi connectivity index (χ0n) is 30.8. The maximum atomic E-state index is 12.2. The summed E-state index contributed by atoms with van der Waals surface area (Å²) in [6.07, 6.45) is 2.08. The van der Waals surface area contributed by atoms with Gasteiger partial charge in [-0.1, -0.05) is 97.1 Å². The maximum absolute atomic E-state index is 12.2. The van der Waals surface area contributed by atoms with E-state index in [0.717, 1.165) is 57.2 Å². The molecule has 9 nitrogen and oxygen atoms in total. The molecular weight excluding hydrogens is 668 g/mol. The monoisotopic (exact) mass is 716 g/mol. The van der Waals surface area contributed by atoms with Gasteiger partial charge in [0.15, 0.2) is 23.0 Å². The molecule has 0 radical (unpaired) electrons. The minimum absolute atomic E-state index is 0.0285. The number of rotatable bonds is 13. The van der Waals surface area contributed by atoms with Crippen LogP contribution in [0.25, 0.3) is 21.5 Å². The predicted molar refractivity (Wildman–Crippen MR) is 212 cm³/mol. The number of ether oxygens (including phenoxy) is 4. The van der Waals surface area contributed by atoms with Crippen molar-refractivity contribution >= 4 is 33.4 Å². The number of carbonyl (C=O) groups excluding carboxylic acids is 1. The number of carboxylic acid groups (broad SMARTS) is 1. The molecule has 0 saturated heterocycles. The van der Waals surface area contributed by atoms with Crippen LogP contribution >= 0.6 is 0 Å². The molecule has 6 aromatic rings. The number of hydrogen-bond donors (Lipinski definition) is 3. The number of aliphatic carboxylic acids is 1. The van der Waals surface area contributed by atoms with E-state index in [2.05, 4.69) is 29.6 Å². The number of nitrogens with one attached hydrogen (secondary N) is 1. The van der Waals surface area contributed by atoms with E-state index in [4.69, 9.17) is 29.8 Å². The van der Waals surface area contributed by atoms with E-state index in [0.29, 0.717) is 31.0 Å². The standard InChI is InChI=1S/C22H23NO3.C12H10O2.C10H15NO2/c1-25-20-10-8-16(14-21(20)26-2)11-12-23-22(24)15-17-7-9-18-5-3-4-6-19(18)13-17;13-12(14)8-9-5-6-10-3-1-2-4-11(10)7-9;1-12-9-4-3-8(5-6-11)7-10(9)13-2/h3-10,13-14H,11-12,15H2,1-2H3,(H,23,24);1-7H,8H2,(H,13,14);3-4,7H,5-6,11H2,1-2H3. The van der Waals surface area contributed by atoms with Crippen molar-refractivity contribution in [3.63, 3.8) is 0 Å². The van der Waals surface area contributed by atoms with Crippen LogP contribution in [0.4, 0.5) is 0 Å². The second kappa shape index (κ2) is 20.7. The van der Waals surface area contributed by atoms with Crippen molar-refractivity contribution in [1.82, 2.24) is 5.32 Å². The average molecular weight is 717 g/mol. The Bertz CT molecular complexity index is 2100. The van der Waals surface area contributed by atoms with Gasteiger partial charge in [-0.15, -0.1) is 0 Å². The molecule has 0 heterocycles. The lowest BCUT2D eigenvalue weighted by Gasteiger charge is -2.10. The highest BCUT2D eigenvalue weighted by molar-refractivity contribution is 5.86. The average Bonchev–Trinajstić information content (AvgIpc) is 3.18. The summed E-state index contributed by atoms with van der Waals surface area (Å²) < 4.78 is 20.8. The minimum atomic E-state index is -0.791. The predicted octanol–water partition coefficient (Wildman–Crippen LogP) is 7.43. The van der Waals surface area contributed by atoms with Gasteiger partial charge in [0.2, 0.25) is 5.91 Å². The van der Waals surface area contributed by atoms with Crippen molar-refractivity contribution in [3.8, 4) is 23.0 Å². The second-order valence-electron chi connectivity index (χ2n) is 12.1. The summed E-state index contributed by atoms with van der Waals surface area (Å²) in [5, 5.41) is 16.2. The third-order valence-corrected chi connectivity index (χ3v) is 8.41. The summed E-state index contributed by atoms with van der Waals surface area (Å²) >= 11 is 0. The van der Waals surface area contributed by atoms with Crippen LogP contribution in [-0.2, 0) is 35.3 Å². The lowest BCUT2D eigenvalue weighted by atomic mass is 10.0. The van der Waals surface area contributed by atoms with Gasteiger partial charge in [0.25, 0.3) is 0 Å². The molecule has 53 heavy (non-hydrogen) atoms. The van der Waals surface area contributed by atoms with E-state index in [1.54, 1.807) is 28.4 Å². The molecule has 0 spiro atoms. The molecular formula is C44H48N2O7. The molecule has 0 saturated carbocycles. The van der Waals surface area contributed by atoms with Crippen LogP contribution < -0.4 is 30.0 Å². The van der Waals surface area contributed by atoms with Gasteiger partial charge in [0.05, 0.1) is 41.3 Å². The largest absolute Gasteiger partial charge is 0.493 e. The Morgan fingerprint density at radius 1 is 0.528 bits per heavy atom. The molecule has 0 atom stereocenters. The smallest absolute Gasteiger partial charge is 0.307 e. The number of amides is 1. The molecule has 6 rings (SSSR count). The quantitative estimate of drug-likeness (QED) is 0.113. The van der Waals surface area contributed by atoms with Crippen LogP contribution in [0, 0.1) is 0 Å². The summed E-state index contributed by atoms with van der Waals surface area (Å²) in [5.74, 6) is 2.15. The summed E-state index contributed by atoms with van der Waals surface area (Å²) in [6, 6.07) is 39.6. The van der Waals surface area contributed by atoms with Crippen molar-refractivity contribution in [1.29, 1.82) is 0 Å². The van der Waals surface area contributed by atoms with E-state index in [1.807, 2.05) is 97.1 Å². The molecule has 0 fully saturated rings. The number of nitrogens with two attached hydrogens (primary N) is 1. The van der Waals surface area contributed by atoms with E-state index < -0.39 is 5.97 Å². The molecule has 276 valence electrons. The summed E-state index contributed by atoms with van der Waals surface area (Å²) in [6.45, 7) is 1.23. The molecule has 4 N–H and O–H groups in total. The Morgan fingerprint density at radius 2 is 0.962 bits per heavy atom. The fraction of sp³-hybridized carbons (Fsp3) is 0.227. The van der Waals surface area contributed by atoms with E-state index >= 15 is 0 Å². The van der Waals surface area contributed by atoms with Crippen LogP contribution in [-0.4, -0.2) is 58.5 Å². The van der Waals surface area contributed by atoms with Crippen molar-refractivity contribution in [2.45, 2.75) is 25.7 Å². The van der Waals surface area contributed by atoms with Crippen molar-refractivity contribution < 1.29 is 33.6 Å². The number of hydrogen-bond acceptors (Lipinski definition) is 7. The zero-order chi connectivity index (χ0) is 38.0. The van der Waals surface area contributed by atoms with E-state index in [9.17, 15) is 9.59 Å². The topological polar surface area (TPSA) is 129 Å². The van der Waals surface area contributed by atoms with Crippen LogP contribution in [0.2, 0.25) is 0 Å². The zero-order valence-corrected chi connectivity index (χ0v) is 30.8. The molecule has 0 aromatic heterocycles. The van der Waals surface area contributed by atoms with Crippen molar-refractivity contribution in [2.75, 3.05) is 41.5 Å². The highest BCUT2D eigenvalue weighted by Crippen LogP contribution is 2.28. The number of fused-ring (bicyclic) bond motifs is 2. The Morgan fingerprint density at radius 3 is 1.42 bits per heavy atom. The number of carboxylic acids is 1. The summed E-state index contributed by atoms with van der Waals surface area (Å²) in [7, 11) is 6.49. The molecule has 0 aliphatic rings. The lowest BCUT2D eigenvalue weighted by molar-refractivity contribution is -0.136. The summed E-state index contributed by atoms with van der Waals surface area (Å²) in [4.78, 5) is 22.7.